The summed E-state index contributed by atoms with van der Waals surface area (Å²) in [6.07, 6.45) is 1.61. The summed E-state index contributed by atoms with van der Waals surface area (Å²) in [5.74, 6) is 0.261. The van der Waals surface area contributed by atoms with Crippen molar-refractivity contribution >= 4 is 11.5 Å². The normalized spacial score (nSPS) is 11.5. The van der Waals surface area contributed by atoms with Gasteiger partial charge in [0.15, 0.2) is 0 Å². The molecule has 0 saturated heterocycles. The zero-order valence-electron chi connectivity index (χ0n) is 9.85. The molecule has 0 amide bonds. The molecule has 0 atom stereocenters. The highest BCUT2D eigenvalue weighted by molar-refractivity contribution is 5.80. The Morgan fingerprint density at radius 1 is 1.38 bits per heavy atom. The Hall–Kier alpha value is -1.71. The average Bonchev–Trinajstić information content (AvgIpc) is 2.35. The van der Waals surface area contributed by atoms with E-state index in [0.29, 0.717) is 6.42 Å². The summed E-state index contributed by atoms with van der Waals surface area (Å²) in [5.41, 5.74) is 7.89. The number of anilines is 1. The Kier molecular flexibility index (Phi) is 4.64. The Labute approximate surface area is 96.4 Å². The molecule has 0 heterocycles. The molecule has 4 nitrogen and oxygen atoms in total. The zero-order valence-corrected chi connectivity index (χ0v) is 9.85. The van der Waals surface area contributed by atoms with Crippen LogP contribution in [0.1, 0.15) is 18.9 Å². The van der Waals surface area contributed by atoms with Crippen molar-refractivity contribution in [2.75, 3.05) is 18.5 Å². The maximum absolute atomic E-state index is 8.43. The molecule has 88 valence electrons. The minimum Gasteiger partial charge on any atom is -0.409 e. The summed E-state index contributed by atoms with van der Waals surface area (Å²) < 4.78 is 0. The van der Waals surface area contributed by atoms with Gasteiger partial charge < -0.3 is 15.8 Å². The van der Waals surface area contributed by atoms with Crippen LogP contribution in [0.3, 0.4) is 0 Å². The molecular formula is C12H19N3O. The largest absolute Gasteiger partial charge is 0.409 e. The van der Waals surface area contributed by atoms with Crippen LogP contribution < -0.4 is 10.6 Å². The van der Waals surface area contributed by atoms with Gasteiger partial charge >= 0.3 is 0 Å². The first-order valence-electron chi connectivity index (χ1n) is 5.43. The Bertz CT molecular complexity index is 346. The van der Waals surface area contributed by atoms with E-state index in [2.05, 4.69) is 41.2 Å². The highest BCUT2D eigenvalue weighted by Crippen LogP contribution is 2.14. The van der Waals surface area contributed by atoms with Gasteiger partial charge in [0, 0.05) is 25.7 Å². The van der Waals surface area contributed by atoms with Gasteiger partial charge in [-0.2, -0.15) is 0 Å². The van der Waals surface area contributed by atoms with E-state index in [-0.39, 0.29) is 5.84 Å². The number of aryl methyl sites for hydroxylation is 1. The minimum atomic E-state index is 0.261. The van der Waals surface area contributed by atoms with Crippen LogP contribution in [0.2, 0.25) is 0 Å². The number of amidine groups is 1. The molecule has 3 N–H and O–H groups in total. The fourth-order valence-corrected chi connectivity index (χ4v) is 1.45. The lowest BCUT2D eigenvalue weighted by molar-refractivity contribution is 0.317. The van der Waals surface area contributed by atoms with Crippen molar-refractivity contribution in [2.45, 2.75) is 19.8 Å². The zero-order chi connectivity index (χ0) is 12.0. The molecule has 1 aromatic carbocycles. The molecule has 0 spiro atoms. The van der Waals surface area contributed by atoms with Gasteiger partial charge in [-0.15, -0.1) is 0 Å². The first-order valence-corrected chi connectivity index (χ1v) is 5.43. The van der Waals surface area contributed by atoms with Gasteiger partial charge in [-0.1, -0.05) is 24.2 Å². The van der Waals surface area contributed by atoms with Crippen molar-refractivity contribution in [2.24, 2.45) is 10.9 Å². The SMILES string of the molecule is CCc1ccc(N(C)CCC(N)=NO)cc1. The predicted octanol–water partition coefficient (Wildman–Crippen LogP) is 1.82. The smallest absolute Gasteiger partial charge is 0.140 e. The number of hydrogen-bond donors (Lipinski definition) is 2. The third-order valence-corrected chi connectivity index (χ3v) is 2.62. The highest BCUT2D eigenvalue weighted by atomic mass is 16.4. The monoisotopic (exact) mass is 221 g/mol. The molecule has 0 aliphatic carbocycles. The summed E-state index contributed by atoms with van der Waals surface area (Å²) >= 11 is 0. The van der Waals surface area contributed by atoms with Crippen molar-refractivity contribution < 1.29 is 5.21 Å². The fraction of sp³-hybridized carbons (Fsp3) is 0.417. The summed E-state index contributed by atoms with van der Waals surface area (Å²) in [4.78, 5) is 2.08. The quantitative estimate of drug-likeness (QED) is 0.345. The van der Waals surface area contributed by atoms with E-state index in [1.54, 1.807) is 0 Å². The molecule has 0 fully saturated rings. The van der Waals surface area contributed by atoms with Crippen LogP contribution in [0, 0.1) is 0 Å². The second kappa shape index (κ2) is 6.00. The van der Waals surface area contributed by atoms with Gasteiger partial charge in [-0.25, -0.2) is 0 Å². The highest BCUT2D eigenvalue weighted by Gasteiger charge is 2.02. The maximum atomic E-state index is 8.43. The molecule has 0 saturated carbocycles. The van der Waals surface area contributed by atoms with Crippen LogP contribution in [0.25, 0.3) is 0 Å². The van der Waals surface area contributed by atoms with Gasteiger partial charge in [0.05, 0.1) is 0 Å². The first kappa shape index (κ1) is 12.4. The third-order valence-electron chi connectivity index (χ3n) is 2.62. The number of rotatable bonds is 5. The van der Waals surface area contributed by atoms with Crippen molar-refractivity contribution in [3.05, 3.63) is 29.8 Å². The van der Waals surface area contributed by atoms with E-state index in [4.69, 9.17) is 10.9 Å². The summed E-state index contributed by atoms with van der Waals surface area (Å²) in [6, 6.07) is 8.42. The molecule has 0 aromatic heterocycles. The minimum absolute atomic E-state index is 0.261. The summed E-state index contributed by atoms with van der Waals surface area (Å²) in [5, 5.41) is 11.4. The number of benzene rings is 1. The van der Waals surface area contributed by atoms with E-state index in [1.165, 1.54) is 5.56 Å². The van der Waals surface area contributed by atoms with E-state index in [0.717, 1.165) is 18.7 Å². The number of oxime groups is 1. The van der Waals surface area contributed by atoms with Gasteiger partial charge in [-0.05, 0) is 24.1 Å². The molecule has 4 heteroatoms. The van der Waals surface area contributed by atoms with E-state index in [9.17, 15) is 0 Å². The second-order valence-corrected chi connectivity index (χ2v) is 3.78. The van der Waals surface area contributed by atoms with Gasteiger partial charge in [0.25, 0.3) is 0 Å². The molecule has 0 radical (unpaired) electrons. The molecule has 0 aliphatic heterocycles. The molecule has 1 aromatic rings. The van der Waals surface area contributed by atoms with Crippen molar-refractivity contribution in [1.82, 2.24) is 0 Å². The van der Waals surface area contributed by atoms with E-state index in [1.807, 2.05) is 7.05 Å². The van der Waals surface area contributed by atoms with Crippen molar-refractivity contribution in [3.8, 4) is 0 Å². The van der Waals surface area contributed by atoms with Crippen LogP contribution in [-0.4, -0.2) is 24.6 Å². The first-order chi connectivity index (χ1) is 7.67. The molecule has 1 rings (SSSR count). The number of nitrogens with two attached hydrogens (primary N) is 1. The lowest BCUT2D eigenvalue weighted by Gasteiger charge is -2.19. The fourth-order valence-electron chi connectivity index (χ4n) is 1.45. The number of nitrogens with zero attached hydrogens (tertiary/aromatic N) is 2. The summed E-state index contributed by atoms with van der Waals surface area (Å²) in [6.45, 7) is 2.87. The van der Waals surface area contributed by atoms with Crippen molar-refractivity contribution in [1.29, 1.82) is 0 Å². The molecule has 0 unspecified atom stereocenters. The maximum Gasteiger partial charge on any atom is 0.140 e. The summed E-state index contributed by atoms with van der Waals surface area (Å²) in [7, 11) is 1.99. The van der Waals surface area contributed by atoms with Crippen LogP contribution in [0.15, 0.2) is 29.4 Å². The standard InChI is InChI=1S/C12H19N3O/c1-3-10-4-6-11(7-5-10)15(2)9-8-12(13)14-16/h4-7,16H,3,8-9H2,1-2H3,(H2,13,14). The Balaban J connectivity index is 2.55. The van der Waals surface area contributed by atoms with Gasteiger partial charge in [0.2, 0.25) is 0 Å². The van der Waals surface area contributed by atoms with Gasteiger partial charge in [-0.3, -0.25) is 0 Å². The van der Waals surface area contributed by atoms with Crippen molar-refractivity contribution in [3.63, 3.8) is 0 Å². The Morgan fingerprint density at radius 2 is 2.00 bits per heavy atom. The molecule has 0 bridgehead atoms. The lowest BCUT2D eigenvalue weighted by atomic mass is 10.1. The van der Waals surface area contributed by atoms with Crippen LogP contribution in [0.4, 0.5) is 5.69 Å². The van der Waals surface area contributed by atoms with Crippen LogP contribution >= 0.6 is 0 Å². The lowest BCUT2D eigenvalue weighted by Crippen LogP contribution is -2.24. The predicted molar refractivity (Wildman–Crippen MR) is 67.1 cm³/mol. The molecular weight excluding hydrogens is 202 g/mol. The third kappa shape index (κ3) is 3.46. The molecule has 0 aliphatic rings. The van der Waals surface area contributed by atoms with Gasteiger partial charge in [0.1, 0.15) is 5.84 Å². The Morgan fingerprint density at radius 3 is 2.50 bits per heavy atom. The number of hydrogen-bond acceptors (Lipinski definition) is 3. The molecule has 16 heavy (non-hydrogen) atoms. The van der Waals surface area contributed by atoms with E-state index < -0.39 is 0 Å². The van der Waals surface area contributed by atoms with Crippen LogP contribution in [0.5, 0.6) is 0 Å². The average molecular weight is 221 g/mol. The second-order valence-electron chi connectivity index (χ2n) is 3.78. The topological polar surface area (TPSA) is 61.8 Å². The van der Waals surface area contributed by atoms with E-state index >= 15 is 0 Å². The van der Waals surface area contributed by atoms with Crippen LogP contribution in [-0.2, 0) is 6.42 Å².